The van der Waals surface area contributed by atoms with Crippen molar-refractivity contribution < 1.29 is 14.0 Å². The number of aromatic nitrogens is 1. The van der Waals surface area contributed by atoms with E-state index in [4.69, 9.17) is 4.42 Å². The second-order valence-electron chi connectivity index (χ2n) is 5.88. The van der Waals surface area contributed by atoms with Crippen LogP contribution in [0.25, 0.3) is 10.2 Å². The van der Waals surface area contributed by atoms with Crippen molar-refractivity contribution in [1.82, 2.24) is 10.3 Å². The van der Waals surface area contributed by atoms with Gasteiger partial charge in [-0.3, -0.25) is 9.59 Å². The van der Waals surface area contributed by atoms with E-state index in [9.17, 15) is 9.59 Å². The SMILES string of the molecule is CC(=O)Nc1nc2ccc(C(=O)N[C@@H](C)CCc3ccco3)cc2s1. The summed E-state index contributed by atoms with van der Waals surface area (Å²) in [7, 11) is 0. The summed E-state index contributed by atoms with van der Waals surface area (Å²) in [4.78, 5) is 27.9. The number of hydrogen-bond donors (Lipinski definition) is 2. The molecule has 0 saturated carbocycles. The topological polar surface area (TPSA) is 84.2 Å². The van der Waals surface area contributed by atoms with Crippen molar-refractivity contribution in [2.75, 3.05) is 5.32 Å². The third kappa shape index (κ3) is 4.45. The van der Waals surface area contributed by atoms with Crippen molar-refractivity contribution in [2.24, 2.45) is 0 Å². The largest absolute Gasteiger partial charge is 0.469 e. The highest BCUT2D eigenvalue weighted by Gasteiger charge is 2.13. The van der Waals surface area contributed by atoms with E-state index >= 15 is 0 Å². The normalized spacial score (nSPS) is 12.1. The molecule has 0 aliphatic heterocycles. The molecule has 1 atom stereocenters. The Hall–Kier alpha value is -2.67. The number of hydrogen-bond acceptors (Lipinski definition) is 5. The molecule has 0 aliphatic rings. The Morgan fingerprint density at radius 2 is 2.16 bits per heavy atom. The molecule has 2 heterocycles. The fourth-order valence-electron chi connectivity index (χ4n) is 2.46. The predicted octanol–water partition coefficient (Wildman–Crippen LogP) is 3.60. The number of rotatable bonds is 6. The molecule has 3 aromatic rings. The van der Waals surface area contributed by atoms with Crippen molar-refractivity contribution in [3.8, 4) is 0 Å². The Balaban J connectivity index is 1.63. The van der Waals surface area contributed by atoms with Crippen LogP contribution in [-0.4, -0.2) is 22.8 Å². The molecular formula is C18H19N3O3S. The summed E-state index contributed by atoms with van der Waals surface area (Å²) in [5.74, 6) is 0.628. The molecule has 0 spiro atoms. The molecule has 2 N–H and O–H groups in total. The Morgan fingerprint density at radius 1 is 1.32 bits per heavy atom. The van der Waals surface area contributed by atoms with Gasteiger partial charge in [0.15, 0.2) is 5.13 Å². The number of benzene rings is 1. The Morgan fingerprint density at radius 3 is 2.88 bits per heavy atom. The second-order valence-corrected chi connectivity index (χ2v) is 6.91. The lowest BCUT2D eigenvalue weighted by molar-refractivity contribution is -0.114. The van der Waals surface area contributed by atoms with Crippen LogP contribution in [0.5, 0.6) is 0 Å². The minimum Gasteiger partial charge on any atom is -0.469 e. The number of nitrogens with zero attached hydrogens (tertiary/aromatic N) is 1. The minimum atomic E-state index is -0.164. The van der Waals surface area contributed by atoms with Crippen molar-refractivity contribution in [1.29, 1.82) is 0 Å². The molecule has 0 unspecified atom stereocenters. The molecule has 7 heteroatoms. The van der Waals surface area contributed by atoms with Gasteiger partial charge in [-0.05, 0) is 43.7 Å². The Bertz CT molecular complexity index is 886. The number of amides is 2. The molecule has 0 bridgehead atoms. The molecule has 130 valence electrons. The minimum absolute atomic E-state index is 0.0321. The summed E-state index contributed by atoms with van der Waals surface area (Å²) >= 11 is 1.35. The van der Waals surface area contributed by atoms with E-state index in [1.165, 1.54) is 18.3 Å². The first-order valence-corrected chi connectivity index (χ1v) is 8.84. The van der Waals surface area contributed by atoms with Gasteiger partial charge in [0.1, 0.15) is 5.76 Å². The quantitative estimate of drug-likeness (QED) is 0.706. The van der Waals surface area contributed by atoms with E-state index < -0.39 is 0 Å². The van der Waals surface area contributed by atoms with Crippen LogP contribution in [-0.2, 0) is 11.2 Å². The highest BCUT2D eigenvalue weighted by molar-refractivity contribution is 7.22. The third-order valence-corrected chi connectivity index (χ3v) is 4.65. The molecule has 0 aliphatic carbocycles. The summed E-state index contributed by atoms with van der Waals surface area (Å²) in [6, 6.07) is 9.15. The number of carbonyl (C=O) groups is 2. The molecule has 0 radical (unpaired) electrons. The number of thiazole rings is 1. The molecule has 0 saturated heterocycles. The van der Waals surface area contributed by atoms with Crippen molar-refractivity contribution >= 4 is 38.5 Å². The van der Waals surface area contributed by atoms with Gasteiger partial charge in [0.05, 0.1) is 16.5 Å². The predicted molar refractivity (Wildman–Crippen MR) is 97.9 cm³/mol. The van der Waals surface area contributed by atoms with Gasteiger partial charge in [-0.2, -0.15) is 0 Å². The van der Waals surface area contributed by atoms with Crippen LogP contribution in [0.2, 0.25) is 0 Å². The summed E-state index contributed by atoms with van der Waals surface area (Å²) in [5, 5.41) is 6.19. The molecule has 2 aromatic heterocycles. The van der Waals surface area contributed by atoms with Gasteiger partial charge < -0.3 is 15.1 Å². The van der Waals surface area contributed by atoms with Gasteiger partial charge in [-0.15, -0.1) is 0 Å². The van der Waals surface area contributed by atoms with Crippen LogP contribution in [0.15, 0.2) is 41.0 Å². The van der Waals surface area contributed by atoms with Crippen LogP contribution < -0.4 is 10.6 Å². The first-order chi connectivity index (χ1) is 12.0. The van der Waals surface area contributed by atoms with Crippen LogP contribution in [0.1, 0.15) is 36.4 Å². The Labute approximate surface area is 149 Å². The van der Waals surface area contributed by atoms with E-state index in [1.807, 2.05) is 19.1 Å². The molecule has 3 rings (SSSR count). The average molecular weight is 357 g/mol. The fraction of sp³-hybridized carbons (Fsp3) is 0.278. The summed E-state index contributed by atoms with van der Waals surface area (Å²) < 4.78 is 6.16. The highest BCUT2D eigenvalue weighted by Crippen LogP contribution is 2.26. The second kappa shape index (κ2) is 7.48. The van der Waals surface area contributed by atoms with Gasteiger partial charge in [-0.1, -0.05) is 11.3 Å². The number of fused-ring (bicyclic) bond motifs is 1. The molecule has 2 amide bonds. The maximum absolute atomic E-state index is 12.4. The van der Waals surface area contributed by atoms with Crippen molar-refractivity contribution in [3.63, 3.8) is 0 Å². The standard InChI is InChI=1S/C18H19N3O3S/c1-11(5-7-14-4-3-9-24-14)19-17(23)13-6-8-15-16(10-13)25-18(21-15)20-12(2)22/h3-4,6,8-11H,5,7H2,1-2H3,(H,19,23)(H,20,21,22)/t11-/m0/s1. The lowest BCUT2D eigenvalue weighted by atomic mass is 10.1. The van der Waals surface area contributed by atoms with Crippen LogP contribution in [0, 0.1) is 0 Å². The molecule has 25 heavy (non-hydrogen) atoms. The fourth-order valence-corrected chi connectivity index (χ4v) is 3.41. The molecule has 1 aromatic carbocycles. The third-order valence-electron chi connectivity index (χ3n) is 3.71. The first kappa shape index (κ1) is 17.2. The van der Waals surface area contributed by atoms with Gasteiger partial charge in [0, 0.05) is 24.9 Å². The highest BCUT2D eigenvalue weighted by atomic mass is 32.1. The van der Waals surface area contributed by atoms with Crippen molar-refractivity contribution in [3.05, 3.63) is 47.9 Å². The average Bonchev–Trinajstić information content (AvgIpc) is 3.20. The van der Waals surface area contributed by atoms with Crippen LogP contribution in [0.3, 0.4) is 0 Å². The van der Waals surface area contributed by atoms with Crippen molar-refractivity contribution in [2.45, 2.75) is 32.7 Å². The van der Waals surface area contributed by atoms with Gasteiger partial charge in [-0.25, -0.2) is 4.98 Å². The number of aryl methyl sites for hydroxylation is 1. The van der Waals surface area contributed by atoms with E-state index in [-0.39, 0.29) is 17.9 Å². The maximum Gasteiger partial charge on any atom is 0.251 e. The zero-order valence-corrected chi connectivity index (χ0v) is 14.9. The van der Waals surface area contributed by atoms with Gasteiger partial charge in [0.25, 0.3) is 5.91 Å². The van der Waals surface area contributed by atoms with E-state index in [1.54, 1.807) is 24.5 Å². The summed E-state index contributed by atoms with van der Waals surface area (Å²) in [5.41, 5.74) is 1.34. The summed E-state index contributed by atoms with van der Waals surface area (Å²) in [6.45, 7) is 3.41. The zero-order valence-electron chi connectivity index (χ0n) is 14.0. The van der Waals surface area contributed by atoms with Crippen LogP contribution >= 0.6 is 11.3 Å². The molecule has 6 nitrogen and oxygen atoms in total. The molecular weight excluding hydrogens is 338 g/mol. The van der Waals surface area contributed by atoms with E-state index in [2.05, 4.69) is 15.6 Å². The zero-order chi connectivity index (χ0) is 17.8. The summed E-state index contributed by atoms with van der Waals surface area (Å²) in [6.07, 6.45) is 3.23. The first-order valence-electron chi connectivity index (χ1n) is 8.02. The number of anilines is 1. The van der Waals surface area contributed by atoms with E-state index in [0.717, 1.165) is 28.8 Å². The van der Waals surface area contributed by atoms with Crippen LogP contribution in [0.4, 0.5) is 5.13 Å². The molecule has 0 fully saturated rings. The maximum atomic E-state index is 12.4. The number of nitrogens with one attached hydrogen (secondary N) is 2. The number of furan rings is 1. The lowest BCUT2D eigenvalue weighted by Crippen LogP contribution is -2.32. The van der Waals surface area contributed by atoms with Gasteiger partial charge in [0.2, 0.25) is 5.91 Å². The Kier molecular flexibility index (Phi) is 5.14. The smallest absolute Gasteiger partial charge is 0.251 e. The lowest BCUT2D eigenvalue weighted by Gasteiger charge is -2.13. The van der Waals surface area contributed by atoms with Gasteiger partial charge >= 0.3 is 0 Å². The monoisotopic (exact) mass is 357 g/mol. The van der Waals surface area contributed by atoms with E-state index in [0.29, 0.717) is 10.7 Å². The number of carbonyl (C=O) groups excluding carboxylic acids is 2.